The van der Waals surface area contributed by atoms with Crippen LogP contribution in [0.15, 0.2) is 29.8 Å². The van der Waals surface area contributed by atoms with Gasteiger partial charge in [-0.3, -0.25) is 4.79 Å². The maximum Gasteiger partial charge on any atom is 0.256 e. The number of nitrogens with zero attached hydrogens (tertiary/aromatic N) is 2. The van der Waals surface area contributed by atoms with Crippen molar-refractivity contribution in [3.05, 3.63) is 45.4 Å². The van der Waals surface area contributed by atoms with Gasteiger partial charge >= 0.3 is 0 Å². The van der Waals surface area contributed by atoms with Crippen LogP contribution in [0.25, 0.3) is 0 Å². The maximum absolute atomic E-state index is 12.7. The van der Waals surface area contributed by atoms with E-state index in [2.05, 4.69) is 11.1 Å². The molecule has 6 heteroatoms. The van der Waals surface area contributed by atoms with Crippen molar-refractivity contribution in [2.75, 3.05) is 12.3 Å². The zero-order chi connectivity index (χ0) is 14.1. The Balaban J connectivity index is 1.91. The Kier molecular flexibility index (Phi) is 3.63. The van der Waals surface area contributed by atoms with E-state index in [-0.39, 0.29) is 17.1 Å². The van der Waals surface area contributed by atoms with E-state index in [1.54, 1.807) is 17.4 Å². The van der Waals surface area contributed by atoms with Gasteiger partial charge in [0.15, 0.2) is 0 Å². The SMILES string of the molecule is Nc1cnc(Cl)cc1C(=O)N1CCCC1c1cccs1. The van der Waals surface area contributed by atoms with Crippen LogP contribution in [-0.2, 0) is 0 Å². The third-order valence-electron chi connectivity index (χ3n) is 3.52. The molecule has 2 aromatic heterocycles. The van der Waals surface area contributed by atoms with Crippen LogP contribution in [0.2, 0.25) is 5.15 Å². The second-order valence-electron chi connectivity index (χ2n) is 4.77. The van der Waals surface area contributed by atoms with Crippen molar-refractivity contribution >= 4 is 34.5 Å². The number of amides is 1. The molecule has 0 aliphatic carbocycles. The molecule has 1 aliphatic rings. The van der Waals surface area contributed by atoms with Gasteiger partial charge in [0.2, 0.25) is 0 Å². The predicted molar refractivity (Wildman–Crippen MR) is 81.0 cm³/mol. The summed E-state index contributed by atoms with van der Waals surface area (Å²) in [6, 6.07) is 5.78. The molecule has 2 N–H and O–H groups in total. The van der Waals surface area contributed by atoms with Crippen LogP contribution in [0.3, 0.4) is 0 Å². The van der Waals surface area contributed by atoms with Crippen LogP contribution >= 0.6 is 22.9 Å². The number of hydrogen-bond donors (Lipinski definition) is 1. The number of likely N-dealkylation sites (tertiary alicyclic amines) is 1. The van der Waals surface area contributed by atoms with Crippen molar-refractivity contribution in [3.63, 3.8) is 0 Å². The topological polar surface area (TPSA) is 59.2 Å². The van der Waals surface area contributed by atoms with Gasteiger partial charge < -0.3 is 10.6 Å². The van der Waals surface area contributed by atoms with E-state index >= 15 is 0 Å². The number of pyridine rings is 1. The average molecular weight is 308 g/mol. The van der Waals surface area contributed by atoms with Crippen molar-refractivity contribution in [3.8, 4) is 0 Å². The molecule has 3 rings (SSSR count). The van der Waals surface area contributed by atoms with E-state index in [1.165, 1.54) is 11.1 Å². The van der Waals surface area contributed by atoms with Gasteiger partial charge in [-0.1, -0.05) is 17.7 Å². The molecular weight excluding hydrogens is 294 g/mol. The molecule has 1 atom stereocenters. The predicted octanol–water partition coefficient (Wildman–Crippen LogP) is 3.36. The number of carbonyl (C=O) groups excluding carboxylic acids is 1. The number of halogens is 1. The van der Waals surface area contributed by atoms with Gasteiger partial charge in [0.1, 0.15) is 5.15 Å². The van der Waals surface area contributed by atoms with Gasteiger partial charge in [0.25, 0.3) is 5.91 Å². The standard InChI is InChI=1S/C14H14ClN3OS/c15-13-7-9(10(16)8-17-13)14(19)18-5-1-3-11(18)12-4-2-6-20-12/h2,4,6-8,11H,1,3,5,16H2. The van der Waals surface area contributed by atoms with Gasteiger partial charge in [-0.15, -0.1) is 11.3 Å². The highest BCUT2D eigenvalue weighted by Crippen LogP contribution is 2.36. The lowest BCUT2D eigenvalue weighted by atomic mass is 10.1. The summed E-state index contributed by atoms with van der Waals surface area (Å²) in [6.45, 7) is 0.751. The van der Waals surface area contributed by atoms with Gasteiger partial charge in [-0.05, 0) is 30.4 Å². The van der Waals surface area contributed by atoms with Crippen molar-refractivity contribution in [1.29, 1.82) is 0 Å². The summed E-state index contributed by atoms with van der Waals surface area (Å²) in [7, 11) is 0. The fraction of sp³-hybridized carbons (Fsp3) is 0.286. The summed E-state index contributed by atoms with van der Waals surface area (Å²) in [5.74, 6) is -0.0669. The normalized spacial score (nSPS) is 18.4. The summed E-state index contributed by atoms with van der Waals surface area (Å²) in [5.41, 5.74) is 6.67. The molecule has 1 fully saturated rings. The third kappa shape index (κ3) is 2.39. The molecule has 1 aliphatic heterocycles. The highest BCUT2D eigenvalue weighted by atomic mass is 35.5. The first-order valence-corrected chi connectivity index (χ1v) is 7.68. The molecule has 0 radical (unpaired) electrons. The number of nitrogens with two attached hydrogens (primary N) is 1. The monoisotopic (exact) mass is 307 g/mol. The van der Waals surface area contributed by atoms with Gasteiger partial charge in [0.05, 0.1) is 23.5 Å². The highest BCUT2D eigenvalue weighted by Gasteiger charge is 2.32. The number of rotatable bonds is 2. The zero-order valence-electron chi connectivity index (χ0n) is 10.8. The Hall–Kier alpha value is -1.59. The number of carbonyl (C=O) groups is 1. The molecule has 1 unspecified atom stereocenters. The van der Waals surface area contributed by atoms with E-state index in [1.807, 2.05) is 16.3 Å². The Morgan fingerprint density at radius 1 is 1.55 bits per heavy atom. The van der Waals surface area contributed by atoms with Crippen molar-refractivity contribution in [2.24, 2.45) is 0 Å². The lowest BCUT2D eigenvalue weighted by Crippen LogP contribution is -2.30. The molecule has 4 nitrogen and oxygen atoms in total. The van der Waals surface area contributed by atoms with E-state index in [4.69, 9.17) is 17.3 Å². The molecule has 1 saturated heterocycles. The largest absolute Gasteiger partial charge is 0.397 e. The molecule has 0 aromatic carbocycles. The molecule has 0 spiro atoms. The number of hydrogen-bond acceptors (Lipinski definition) is 4. The summed E-state index contributed by atoms with van der Waals surface area (Å²) < 4.78 is 0. The summed E-state index contributed by atoms with van der Waals surface area (Å²) in [6.07, 6.45) is 3.43. The number of thiophene rings is 1. The summed E-state index contributed by atoms with van der Waals surface area (Å²) in [5, 5.41) is 2.32. The van der Waals surface area contributed by atoms with E-state index in [9.17, 15) is 4.79 Å². The van der Waals surface area contributed by atoms with E-state index in [0.29, 0.717) is 11.3 Å². The van der Waals surface area contributed by atoms with Crippen LogP contribution in [0, 0.1) is 0 Å². The second-order valence-corrected chi connectivity index (χ2v) is 6.13. The minimum atomic E-state index is -0.0669. The molecule has 1 amide bonds. The highest BCUT2D eigenvalue weighted by molar-refractivity contribution is 7.10. The summed E-state index contributed by atoms with van der Waals surface area (Å²) >= 11 is 7.55. The summed E-state index contributed by atoms with van der Waals surface area (Å²) in [4.78, 5) is 19.7. The molecule has 104 valence electrons. The number of aromatic nitrogens is 1. The molecule has 0 bridgehead atoms. The Labute approximate surface area is 126 Å². The Morgan fingerprint density at radius 2 is 2.40 bits per heavy atom. The van der Waals surface area contributed by atoms with Gasteiger partial charge in [-0.2, -0.15) is 0 Å². The van der Waals surface area contributed by atoms with Crippen molar-refractivity contribution in [1.82, 2.24) is 9.88 Å². The van der Waals surface area contributed by atoms with Crippen molar-refractivity contribution < 1.29 is 4.79 Å². The Morgan fingerprint density at radius 3 is 3.15 bits per heavy atom. The van der Waals surface area contributed by atoms with Gasteiger partial charge in [-0.25, -0.2) is 4.98 Å². The van der Waals surface area contributed by atoms with Crippen LogP contribution < -0.4 is 5.73 Å². The number of anilines is 1. The third-order valence-corrected chi connectivity index (χ3v) is 4.70. The molecule has 0 saturated carbocycles. The smallest absolute Gasteiger partial charge is 0.256 e. The van der Waals surface area contributed by atoms with Gasteiger partial charge in [0, 0.05) is 11.4 Å². The van der Waals surface area contributed by atoms with Crippen LogP contribution in [-0.4, -0.2) is 22.3 Å². The second kappa shape index (κ2) is 5.42. The first-order chi connectivity index (χ1) is 9.66. The van der Waals surface area contributed by atoms with Crippen molar-refractivity contribution in [2.45, 2.75) is 18.9 Å². The van der Waals surface area contributed by atoms with Crippen LogP contribution in [0.1, 0.15) is 34.1 Å². The minimum Gasteiger partial charge on any atom is -0.397 e. The molecule has 2 aromatic rings. The lowest BCUT2D eigenvalue weighted by Gasteiger charge is -2.24. The Bertz CT molecular complexity index is 629. The fourth-order valence-electron chi connectivity index (χ4n) is 2.57. The average Bonchev–Trinajstić information content (AvgIpc) is 3.10. The molecule has 3 heterocycles. The zero-order valence-corrected chi connectivity index (χ0v) is 12.3. The first-order valence-electron chi connectivity index (χ1n) is 6.42. The van der Waals surface area contributed by atoms with Crippen LogP contribution in [0.4, 0.5) is 5.69 Å². The van der Waals surface area contributed by atoms with E-state index in [0.717, 1.165) is 19.4 Å². The maximum atomic E-state index is 12.7. The fourth-order valence-corrected chi connectivity index (χ4v) is 3.60. The number of nitrogen functional groups attached to an aromatic ring is 1. The van der Waals surface area contributed by atoms with E-state index < -0.39 is 0 Å². The van der Waals surface area contributed by atoms with Crippen LogP contribution in [0.5, 0.6) is 0 Å². The molecule has 20 heavy (non-hydrogen) atoms. The first kappa shape index (κ1) is 13.4. The minimum absolute atomic E-state index is 0.0669. The lowest BCUT2D eigenvalue weighted by molar-refractivity contribution is 0.0739. The molecular formula is C14H14ClN3OS. The quantitative estimate of drug-likeness (QED) is 0.866.